The van der Waals surface area contributed by atoms with Crippen molar-refractivity contribution in [1.29, 1.82) is 5.26 Å². The highest BCUT2D eigenvalue weighted by molar-refractivity contribution is 7.93. The van der Waals surface area contributed by atoms with Gasteiger partial charge in [-0.15, -0.1) is 0 Å². The highest BCUT2D eigenvalue weighted by atomic mass is 32.2. The van der Waals surface area contributed by atoms with Crippen LogP contribution in [0.4, 0.5) is 11.5 Å². The number of hydrogen-bond donors (Lipinski definition) is 2. The Hall–Kier alpha value is -3.77. The molecule has 31 heavy (non-hydrogen) atoms. The molecule has 0 atom stereocenters. The molecule has 1 amide bonds. The minimum Gasteiger partial charge on any atom is -0.326 e. The van der Waals surface area contributed by atoms with Crippen molar-refractivity contribution in [2.45, 2.75) is 24.5 Å². The van der Waals surface area contributed by atoms with Crippen molar-refractivity contribution in [1.82, 2.24) is 9.97 Å². The van der Waals surface area contributed by atoms with E-state index in [1.807, 2.05) is 12.1 Å². The Morgan fingerprint density at radius 1 is 1.10 bits per heavy atom. The molecule has 3 aromatic rings. The highest BCUT2D eigenvalue weighted by Crippen LogP contribution is 2.29. The second-order valence-electron chi connectivity index (χ2n) is 7.24. The van der Waals surface area contributed by atoms with E-state index in [9.17, 15) is 13.2 Å². The first-order valence-corrected chi connectivity index (χ1v) is 11.2. The SMILES string of the molecule is N#Cc1cncc(-c2ccc(NC(=O)Cc3cccc(NS(=O)(=O)C4CC4)n3)cc2)c1. The van der Waals surface area contributed by atoms with Gasteiger partial charge < -0.3 is 5.32 Å². The van der Waals surface area contributed by atoms with Gasteiger partial charge in [-0.1, -0.05) is 18.2 Å². The smallest absolute Gasteiger partial charge is 0.236 e. The number of nitriles is 1. The molecule has 0 radical (unpaired) electrons. The minimum atomic E-state index is -3.40. The van der Waals surface area contributed by atoms with Gasteiger partial charge in [0.1, 0.15) is 11.9 Å². The van der Waals surface area contributed by atoms with Crippen LogP contribution in [0.25, 0.3) is 11.1 Å². The van der Waals surface area contributed by atoms with E-state index in [1.54, 1.807) is 42.6 Å². The van der Waals surface area contributed by atoms with E-state index in [2.05, 4.69) is 26.1 Å². The first-order valence-electron chi connectivity index (χ1n) is 9.66. The van der Waals surface area contributed by atoms with Crippen molar-refractivity contribution in [2.24, 2.45) is 0 Å². The Bertz CT molecular complexity index is 1260. The highest BCUT2D eigenvalue weighted by Gasteiger charge is 2.35. The molecule has 2 aromatic heterocycles. The quantitative estimate of drug-likeness (QED) is 0.590. The largest absolute Gasteiger partial charge is 0.326 e. The van der Waals surface area contributed by atoms with Crippen LogP contribution in [0, 0.1) is 11.3 Å². The van der Waals surface area contributed by atoms with E-state index < -0.39 is 10.0 Å². The Balaban J connectivity index is 1.38. The van der Waals surface area contributed by atoms with Gasteiger partial charge in [0.25, 0.3) is 0 Å². The van der Waals surface area contributed by atoms with Crippen LogP contribution in [0.15, 0.2) is 60.9 Å². The molecule has 156 valence electrons. The summed E-state index contributed by atoms with van der Waals surface area (Å²) < 4.78 is 26.6. The maximum Gasteiger partial charge on any atom is 0.236 e. The standard InChI is InChI=1S/C22H19N5O3S/c23-12-15-10-17(14-24-13-15)16-4-6-18(7-5-16)26-22(28)11-19-2-1-3-21(25-19)27-31(29,30)20-8-9-20/h1-7,10,13-14,20H,8-9,11H2,(H,25,27)(H,26,28). The summed E-state index contributed by atoms with van der Waals surface area (Å²) in [6.45, 7) is 0. The lowest BCUT2D eigenvalue weighted by molar-refractivity contribution is -0.115. The molecule has 1 saturated carbocycles. The van der Waals surface area contributed by atoms with Crippen LogP contribution in [0.5, 0.6) is 0 Å². The maximum absolute atomic E-state index is 12.4. The Labute approximate surface area is 180 Å². The van der Waals surface area contributed by atoms with E-state index >= 15 is 0 Å². The number of rotatable bonds is 7. The third-order valence-corrected chi connectivity index (χ3v) is 6.57. The number of nitrogens with one attached hydrogen (secondary N) is 2. The van der Waals surface area contributed by atoms with E-state index in [4.69, 9.17) is 5.26 Å². The summed E-state index contributed by atoms with van der Waals surface area (Å²) in [6, 6.07) is 15.9. The van der Waals surface area contributed by atoms with Gasteiger partial charge in [0.15, 0.2) is 0 Å². The van der Waals surface area contributed by atoms with Crippen molar-refractivity contribution >= 4 is 27.4 Å². The van der Waals surface area contributed by atoms with Gasteiger partial charge in [-0.3, -0.25) is 14.5 Å². The van der Waals surface area contributed by atoms with Crippen LogP contribution in [0.3, 0.4) is 0 Å². The van der Waals surface area contributed by atoms with Crippen molar-refractivity contribution in [2.75, 3.05) is 10.0 Å². The molecular formula is C22H19N5O3S. The fraction of sp³-hybridized carbons (Fsp3) is 0.182. The molecule has 4 rings (SSSR count). The number of carbonyl (C=O) groups is 1. The van der Waals surface area contributed by atoms with Crippen LogP contribution in [0.2, 0.25) is 0 Å². The molecule has 1 aliphatic carbocycles. The number of anilines is 2. The van der Waals surface area contributed by atoms with Gasteiger partial charge in [-0.2, -0.15) is 5.26 Å². The molecule has 8 nitrogen and oxygen atoms in total. The fourth-order valence-corrected chi connectivity index (χ4v) is 4.35. The molecule has 0 saturated heterocycles. The van der Waals surface area contributed by atoms with Gasteiger partial charge in [0.05, 0.1) is 22.9 Å². The summed E-state index contributed by atoms with van der Waals surface area (Å²) in [5.74, 6) is -0.0506. The molecule has 2 heterocycles. The average molecular weight is 433 g/mol. The lowest BCUT2D eigenvalue weighted by Gasteiger charge is -2.09. The number of pyridine rings is 2. The van der Waals surface area contributed by atoms with Gasteiger partial charge in [0.2, 0.25) is 15.9 Å². The number of benzene rings is 1. The topological polar surface area (TPSA) is 125 Å². The molecule has 1 aliphatic rings. The number of amides is 1. The molecule has 1 fully saturated rings. The summed E-state index contributed by atoms with van der Waals surface area (Å²) in [7, 11) is -3.40. The Kier molecular flexibility index (Phi) is 5.64. The first-order chi connectivity index (χ1) is 14.9. The van der Waals surface area contributed by atoms with Gasteiger partial charge in [-0.05, 0) is 48.7 Å². The fourth-order valence-electron chi connectivity index (χ4n) is 3.02. The minimum absolute atomic E-state index is 0.00881. The molecule has 9 heteroatoms. The lowest BCUT2D eigenvalue weighted by atomic mass is 10.1. The third-order valence-electron chi connectivity index (χ3n) is 4.73. The zero-order chi connectivity index (χ0) is 21.8. The predicted molar refractivity (Wildman–Crippen MR) is 117 cm³/mol. The van der Waals surface area contributed by atoms with E-state index in [0.29, 0.717) is 29.8 Å². The molecule has 0 aliphatic heterocycles. The molecule has 2 N–H and O–H groups in total. The second kappa shape index (κ2) is 8.53. The zero-order valence-electron chi connectivity index (χ0n) is 16.4. The van der Waals surface area contributed by atoms with E-state index in [0.717, 1.165) is 11.1 Å². The van der Waals surface area contributed by atoms with E-state index in [-0.39, 0.29) is 23.4 Å². The molecule has 0 spiro atoms. The van der Waals surface area contributed by atoms with Crippen LogP contribution < -0.4 is 10.0 Å². The lowest BCUT2D eigenvalue weighted by Crippen LogP contribution is -2.19. The van der Waals surface area contributed by atoms with Crippen molar-refractivity contribution in [3.8, 4) is 17.2 Å². The molecule has 0 unspecified atom stereocenters. The van der Waals surface area contributed by atoms with Crippen LogP contribution in [0.1, 0.15) is 24.1 Å². The number of sulfonamides is 1. The average Bonchev–Trinajstić information content (AvgIpc) is 3.60. The number of nitrogens with zero attached hydrogens (tertiary/aromatic N) is 3. The maximum atomic E-state index is 12.4. The summed E-state index contributed by atoms with van der Waals surface area (Å²) >= 11 is 0. The summed E-state index contributed by atoms with van der Waals surface area (Å²) in [6.07, 6.45) is 4.50. The van der Waals surface area contributed by atoms with Crippen LogP contribution in [-0.4, -0.2) is 29.5 Å². The van der Waals surface area contributed by atoms with Crippen molar-refractivity contribution < 1.29 is 13.2 Å². The van der Waals surface area contributed by atoms with Crippen molar-refractivity contribution in [3.05, 3.63) is 72.2 Å². The van der Waals surface area contributed by atoms with Gasteiger partial charge in [0, 0.05) is 23.6 Å². The molecule has 1 aromatic carbocycles. The number of aromatic nitrogens is 2. The zero-order valence-corrected chi connectivity index (χ0v) is 17.3. The van der Waals surface area contributed by atoms with Crippen molar-refractivity contribution in [3.63, 3.8) is 0 Å². The first kappa shape index (κ1) is 20.5. The monoisotopic (exact) mass is 433 g/mol. The van der Waals surface area contributed by atoms with Gasteiger partial charge in [-0.25, -0.2) is 13.4 Å². The third kappa shape index (κ3) is 5.24. The molecule has 0 bridgehead atoms. The Morgan fingerprint density at radius 3 is 2.58 bits per heavy atom. The second-order valence-corrected chi connectivity index (χ2v) is 9.20. The molecular weight excluding hydrogens is 414 g/mol. The number of hydrogen-bond acceptors (Lipinski definition) is 6. The van der Waals surface area contributed by atoms with Crippen LogP contribution in [-0.2, 0) is 21.2 Å². The van der Waals surface area contributed by atoms with Gasteiger partial charge >= 0.3 is 0 Å². The summed E-state index contributed by atoms with van der Waals surface area (Å²) in [5.41, 5.74) is 3.24. The summed E-state index contributed by atoms with van der Waals surface area (Å²) in [4.78, 5) is 20.7. The van der Waals surface area contributed by atoms with Crippen LogP contribution >= 0.6 is 0 Å². The normalized spacial score (nSPS) is 13.3. The van der Waals surface area contributed by atoms with E-state index in [1.165, 1.54) is 6.20 Å². The summed E-state index contributed by atoms with van der Waals surface area (Å²) in [5, 5.41) is 11.5. The Morgan fingerprint density at radius 2 is 1.87 bits per heavy atom. The predicted octanol–water partition coefficient (Wildman–Crippen LogP) is 3.10. The number of carbonyl (C=O) groups excluding carboxylic acids is 1.